The Labute approximate surface area is 101 Å². The van der Waals surface area contributed by atoms with Gasteiger partial charge in [-0.2, -0.15) is 0 Å². The van der Waals surface area contributed by atoms with E-state index in [0.29, 0.717) is 6.04 Å². The molecule has 1 aliphatic carbocycles. The number of hydrogen-bond donors (Lipinski definition) is 1. The number of nitrogens with one attached hydrogen (secondary N) is 1. The van der Waals surface area contributed by atoms with Crippen molar-refractivity contribution in [2.45, 2.75) is 45.1 Å². The Morgan fingerprint density at radius 2 is 2.44 bits per heavy atom. The number of rotatable bonds is 5. The van der Waals surface area contributed by atoms with Gasteiger partial charge in [-0.25, -0.2) is 0 Å². The minimum atomic E-state index is 0.361. The van der Waals surface area contributed by atoms with Gasteiger partial charge in [0.15, 0.2) is 0 Å². The lowest BCUT2D eigenvalue weighted by Crippen LogP contribution is -2.24. The summed E-state index contributed by atoms with van der Waals surface area (Å²) in [5.41, 5.74) is 1.53. The summed E-state index contributed by atoms with van der Waals surface area (Å²) >= 11 is 1.51. The van der Waals surface area contributed by atoms with E-state index < -0.39 is 0 Å². The summed E-state index contributed by atoms with van der Waals surface area (Å²) in [6, 6.07) is 0.361. The molecule has 3 nitrogen and oxygen atoms in total. The summed E-state index contributed by atoms with van der Waals surface area (Å²) in [7, 11) is 0. The molecule has 0 aromatic carbocycles. The highest BCUT2D eigenvalue weighted by Crippen LogP contribution is 2.30. The van der Waals surface area contributed by atoms with Gasteiger partial charge in [0.25, 0.3) is 0 Å². The van der Waals surface area contributed by atoms with Gasteiger partial charge in [0, 0.05) is 0 Å². The molecule has 16 heavy (non-hydrogen) atoms. The molecule has 1 atom stereocenters. The molecule has 0 spiro atoms. The fraction of sp³-hybridized carbons (Fsp3) is 0.667. The molecule has 0 amide bonds. The highest BCUT2D eigenvalue weighted by Gasteiger charge is 2.19. The molecule has 1 heterocycles. The fourth-order valence-electron chi connectivity index (χ4n) is 2.13. The highest BCUT2D eigenvalue weighted by atomic mass is 32.1. The van der Waals surface area contributed by atoms with Gasteiger partial charge in [-0.3, -0.25) is 0 Å². The van der Waals surface area contributed by atoms with Gasteiger partial charge < -0.3 is 5.32 Å². The first-order chi connectivity index (χ1) is 7.92. The predicted molar refractivity (Wildman–Crippen MR) is 67.5 cm³/mol. The first-order valence-electron chi connectivity index (χ1n) is 6.11. The second-order valence-corrected chi connectivity index (χ2v) is 5.05. The largest absolute Gasteiger partial charge is 0.306 e. The molecule has 0 saturated heterocycles. The van der Waals surface area contributed by atoms with Crippen molar-refractivity contribution in [2.75, 3.05) is 6.54 Å². The minimum Gasteiger partial charge on any atom is -0.306 e. The third kappa shape index (κ3) is 2.89. The molecule has 0 saturated carbocycles. The second-order valence-electron chi connectivity index (χ2n) is 4.23. The lowest BCUT2D eigenvalue weighted by molar-refractivity contribution is 0.552. The topological polar surface area (TPSA) is 37.8 Å². The van der Waals surface area contributed by atoms with Gasteiger partial charge in [0.05, 0.1) is 17.1 Å². The Kier molecular flexibility index (Phi) is 4.48. The highest BCUT2D eigenvalue weighted by molar-refractivity contribution is 7.05. The van der Waals surface area contributed by atoms with E-state index in [9.17, 15) is 0 Å². The molecular formula is C12H19N3S. The Morgan fingerprint density at radius 3 is 3.06 bits per heavy atom. The van der Waals surface area contributed by atoms with Crippen molar-refractivity contribution in [3.63, 3.8) is 0 Å². The maximum Gasteiger partial charge on any atom is 0.0672 e. The zero-order valence-electron chi connectivity index (χ0n) is 9.78. The molecule has 88 valence electrons. The van der Waals surface area contributed by atoms with Crippen LogP contribution in [0, 0.1) is 0 Å². The Morgan fingerprint density at radius 1 is 1.50 bits per heavy atom. The molecule has 1 N–H and O–H groups in total. The maximum atomic E-state index is 3.97. The van der Waals surface area contributed by atoms with Crippen LogP contribution in [0.25, 0.3) is 0 Å². The second kappa shape index (κ2) is 6.11. The molecule has 0 bridgehead atoms. The van der Waals surface area contributed by atoms with Gasteiger partial charge in [-0.15, -0.1) is 5.10 Å². The maximum absolute atomic E-state index is 3.97. The summed E-state index contributed by atoms with van der Waals surface area (Å²) < 4.78 is 3.97. The van der Waals surface area contributed by atoms with E-state index in [-0.39, 0.29) is 0 Å². The summed E-state index contributed by atoms with van der Waals surface area (Å²) in [5.74, 6) is 0. The summed E-state index contributed by atoms with van der Waals surface area (Å²) in [6.45, 7) is 3.25. The number of aromatic nitrogens is 2. The quantitative estimate of drug-likeness (QED) is 0.800. The molecular weight excluding hydrogens is 218 g/mol. The van der Waals surface area contributed by atoms with Crippen LogP contribution in [0.1, 0.15) is 49.9 Å². The summed E-state index contributed by atoms with van der Waals surface area (Å²) in [4.78, 5) is 1.25. The Bertz CT molecular complexity index is 332. The fourth-order valence-corrected chi connectivity index (χ4v) is 2.75. The van der Waals surface area contributed by atoms with Crippen molar-refractivity contribution in [3.8, 4) is 0 Å². The molecule has 4 heteroatoms. The first kappa shape index (κ1) is 11.7. The van der Waals surface area contributed by atoms with Gasteiger partial charge in [-0.1, -0.05) is 23.1 Å². The zero-order chi connectivity index (χ0) is 11.2. The lowest BCUT2D eigenvalue weighted by Gasteiger charge is -2.22. The van der Waals surface area contributed by atoms with Crippen LogP contribution >= 0.6 is 11.5 Å². The van der Waals surface area contributed by atoms with E-state index in [1.54, 1.807) is 0 Å². The van der Waals surface area contributed by atoms with Crippen molar-refractivity contribution >= 4 is 11.5 Å². The molecule has 1 aromatic heterocycles. The molecule has 0 fully saturated rings. The average Bonchev–Trinajstić information content (AvgIpc) is 2.85. The van der Waals surface area contributed by atoms with Gasteiger partial charge in [0.2, 0.25) is 0 Å². The van der Waals surface area contributed by atoms with E-state index in [0.717, 1.165) is 13.0 Å². The van der Waals surface area contributed by atoms with Crippen LogP contribution in [-0.4, -0.2) is 16.1 Å². The first-order valence-corrected chi connectivity index (χ1v) is 6.88. The Hall–Kier alpha value is -0.740. The van der Waals surface area contributed by atoms with E-state index in [1.165, 1.54) is 47.7 Å². The molecule has 1 aliphatic rings. The third-order valence-corrected chi connectivity index (χ3v) is 3.69. The average molecular weight is 237 g/mol. The predicted octanol–water partition coefficient (Wildman–Crippen LogP) is 3.08. The van der Waals surface area contributed by atoms with Crippen molar-refractivity contribution in [1.29, 1.82) is 0 Å². The molecule has 2 rings (SSSR count). The van der Waals surface area contributed by atoms with E-state index in [1.807, 2.05) is 6.20 Å². The summed E-state index contributed by atoms with van der Waals surface area (Å²) in [6.07, 6.45) is 10.6. The van der Waals surface area contributed by atoms with Crippen LogP contribution < -0.4 is 5.32 Å². The van der Waals surface area contributed by atoms with Crippen molar-refractivity contribution in [3.05, 3.63) is 22.7 Å². The van der Waals surface area contributed by atoms with Crippen LogP contribution in [-0.2, 0) is 0 Å². The van der Waals surface area contributed by atoms with Crippen LogP contribution in [0.4, 0.5) is 0 Å². The molecule has 0 radical (unpaired) electrons. The number of nitrogens with zero attached hydrogens (tertiary/aromatic N) is 2. The van der Waals surface area contributed by atoms with Gasteiger partial charge in [0.1, 0.15) is 0 Å². The van der Waals surface area contributed by atoms with E-state index >= 15 is 0 Å². The van der Waals surface area contributed by atoms with Crippen LogP contribution in [0.15, 0.2) is 17.8 Å². The molecule has 0 aliphatic heterocycles. The van der Waals surface area contributed by atoms with Crippen molar-refractivity contribution < 1.29 is 0 Å². The SMILES string of the molecule is CCCNC(C1=CCCCC1)c1cnns1. The lowest BCUT2D eigenvalue weighted by atomic mass is 9.93. The summed E-state index contributed by atoms with van der Waals surface area (Å²) in [5, 5.41) is 7.55. The van der Waals surface area contributed by atoms with Crippen LogP contribution in [0.2, 0.25) is 0 Å². The van der Waals surface area contributed by atoms with Crippen molar-refractivity contribution in [2.24, 2.45) is 0 Å². The van der Waals surface area contributed by atoms with Gasteiger partial charge in [-0.05, 0) is 50.2 Å². The van der Waals surface area contributed by atoms with E-state index in [4.69, 9.17) is 0 Å². The molecule has 1 unspecified atom stereocenters. The van der Waals surface area contributed by atoms with E-state index in [2.05, 4.69) is 27.9 Å². The number of hydrogen-bond acceptors (Lipinski definition) is 4. The third-order valence-electron chi connectivity index (χ3n) is 2.96. The smallest absolute Gasteiger partial charge is 0.0672 e. The zero-order valence-corrected chi connectivity index (χ0v) is 10.6. The molecule has 1 aromatic rings. The monoisotopic (exact) mass is 237 g/mol. The van der Waals surface area contributed by atoms with Crippen molar-refractivity contribution in [1.82, 2.24) is 14.9 Å². The normalized spacial score (nSPS) is 18.2. The minimum absolute atomic E-state index is 0.361. The van der Waals surface area contributed by atoms with Crippen LogP contribution in [0.5, 0.6) is 0 Å². The standard InChI is InChI=1S/C12H19N3S/c1-2-8-13-12(11-9-14-15-16-11)10-6-4-3-5-7-10/h6,9,12-13H,2-5,7-8H2,1H3. The Balaban J connectivity index is 2.10. The number of allylic oxidation sites excluding steroid dienone is 1. The van der Waals surface area contributed by atoms with Gasteiger partial charge >= 0.3 is 0 Å². The van der Waals surface area contributed by atoms with Crippen LogP contribution in [0.3, 0.4) is 0 Å².